The second-order valence-electron chi connectivity index (χ2n) is 5.69. The standard InChI is InChI=1S/C16H24FNO2/c1-11-9-16(14(12(2)20)10-15(11)17)18(7-4-8-19)13-5-3-6-13/h9-10,12-13,19-20H,3-8H2,1-2H3. The number of aliphatic hydroxyl groups excluding tert-OH is 2. The van der Waals surface area contributed by atoms with E-state index in [1.54, 1.807) is 13.8 Å². The molecule has 1 unspecified atom stereocenters. The van der Waals surface area contributed by atoms with E-state index in [4.69, 9.17) is 5.11 Å². The summed E-state index contributed by atoms with van der Waals surface area (Å²) in [4.78, 5) is 2.23. The Balaban J connectivity index is 2.37. The number of anilines is 1. The number of aryl methyl sites for hydroxylation is 1. The zero-order valence-electron chi connectivity index (χ0n) is 12.3. The number of hydrogen-bond acceptors (Lipinski definition) is 3. The van der Waals surface area contributed by atoms with Crippen molar-refractivity contribution in [2.75, 3.05) is 18.1 Å². The Labute approximate surface area is 120 Å². The highest BCUT2D eigenvalue weighted by molar-refractivity contribution is 5.57. The Hall–Kier alpha value is -1.13. The van der Waals surface area contributed by atoms with Crippen LogP contribution in [0.2, 0.25) is 0 Å². The average molecular weight is 281 g/mol. The number of benzene rings is 1. The second-order valence-corrected chi connectivity index (χ2v) is 5.69. The quantitative estimate of drug-likeness (QED) is 0.842. The van der Waals surface area contributed by atoms with Crippen LogP contribution in [0.1, 0.15) is 49.8 Å². The molecule has 0 saturated heterocycles. The van der Waals surface area contributed by atoms with Crippen molar-refractivity contribution in [1.82, 2.24) is 0 Å². The summed E-state index contributed by atoms with van der Waals surface area (Å²) < 4.78 is 13.8. The van der Waals surface area contributed by atoms with Gasteiger partial charge in [0, 0.05) is 30.4 Å². The summed E-state index contributed by atoms with van der Waals surface area (Å²) in [5.41, 5.74) is 2.15. The molecule has 1 fully saturated rings. The Kier molecular flexibility index (Phi) is 5.00. The van der Waals surface area contributed by atoms with Crippen LogP contribution in [0.5, 0.6) is 0 Å². The molecule has 0 aliphatic heterocycles. The van der Waals surface area contributed by atoms with E-state index >= 15 is 0 Å². The lowest BCUT2D eigenvalue weighted by atomic mass is 9.89. The number of halogens is 1. The average Bonchev–Trinajstić information content (AvgIpc) is 2.34. The summed E-state index contributed by atoms with van der Waals surface area (Å²) in [6, 6.07) is 3.72. The molecular weight excluding hydrogens is 257 g/mol. The molecule has 0 heterocycles. The number of nitrogens with zero attached hydrogens (tertiary/aromatic N) is 1. The summed E-state index contributed by atoms with van der Waals surface area (Å²) in [5, 5.41) is 19.0. The largest absolute Gasteiger partial charge is 0.396 e. The lowest BCUT2D eigenvalue weighted by Crippen LogP contribution is -2.41. The van der Waals surface area contributed by atoms with Crippen molar-refractivity contribution < 1.29 is 14.6 Å². The van der Waals surface area contributed by atoms with Crippen LogP contribution in [0.25, 0.3) is 0 Å². The lowest BCUT2D eigenvalue weighted by Gasteiger charge is -2.40. The van der Waals surface area contributed by atoms with Crippen LogP contribution >= 0.6 is 0 Å². The third kappa shape index (κ3) is 3.13. The minimum absolute atomic E-state index is 0.146. The van der Waals surface area contributed by atoms with Gasteiger partial charge in [0.05, 0.1) is 6.10 Å². The number of aliphatic hydroxyl groups is 2. The Morgan fingerprint density at radius 3 is 2.60 bits per heavy atom. The topological polar surface area (TPSA) is 43.7 Å². The van der Waals surface area contributed by atoms with Gasteiger partial charge >= 0.3 is 0 Å². The zero-order valence-corrected chi connectivity index (χ0v) is 12.3. The van der Waals surface area contributed by atoms with Gasteiger partial charge in [0.2, 0.25) is 0 Å². The Bertz CT molecular complexity index is 458. The van der Waals surface area contributed by atoms with Gasteiger partial charge in [0.1, 0.15) is 5.82 Å². The molecular formula is C16H24FNO2. The molecule has 1 aliphatic carbocycles. The summed E-state index contributed by atoms with van der Waals surface area (Å²) in [6.07, 6.45) is 3.45. The van der Waals surface area contributed by atoms with Crippen LogP contribution in [-0.4, -0.2) is 29.4 Å². The molecule has 1 aromatic rings. The summed E-state index contributed by atoms with van der Waals surface area (Å²) in [6.45, 7) is 4.30. The molecule has 0 bridgehead atoms. The molecule has 112 valence electrons. The molecule has 0 amide bonds. The lowest BCUT2D eigenvalue weighted by molar-refractivity contribution is 0.198. The van der Waals surface area contributed by atoms with Crippen molar-refractivity contribution in [3.63, 3.8) is 0 Å². The molecule has 3 nitrogen and oxygen atoms in total. The Morgan fingerprint density at radius 2 is 2.10 bits per heavy atom. The Morgan fingerprint density at radius 1 is 1.40 bits per heavy atom. The monoisotopic (exact) mass is 281 g/mol. The number of rotatable bonds is 6. The summed E-state index contributed by atoms with van der Waals surface area (Å²) >= 11 is 0. The van der Waals surface area contributed by atoms with E-state index in [9.17, 15) is 9.50 Å². The smallest absolute Gasteiger partial charge is 0.126 e. The first kappa shape index (κ1) is 15.3. The molecule has 0 aromatic heterocycles. The summed E-state index contributed by atoms with van der Waals surface area (Å²) in [5.74, 6) is -0.277. The van der Waals surface area contributed by atoms with Crippen LogP contribution in [0.15, 0.2) is 12.1 Å². The summed E-state index contributed by atoms with van der Waals surface area (Å²) in [7, 11) is 0. The predicted molar refractivity (Wildman–Crippen MR) is 78.5 cm³/mol. The van der Waals surface area contributed by atoms with Crippen molar-refractivity contribution in [3.05, 3.63) is 29.1 Å². The first-order valence-electron chi connectivity index (χ1n) is 7.40. The normalized spacial score (nSPS) is 16.9. The van der Waals surface area contributed by atoms with Crippen molar-refractivity contribution in [3.8, 4) is 0 Å². The molecule has 2 rings (SSSR count). The van der Waals surface area contributed by atoms with E-state index in [1.807, 2.05) is 6.07 Å². The fourth-order valence-electron chi connectivity index (χ4n) is 2.70. The van der Waals surface area contributed by atoms with Crippen LogP contribution in [0.3, 0.4) is 0 Å². The molecule has 1 aromatic carbocycles. The second kappa shape index (κ2) is 6.55. The molecule has 0 radical (unpaired) electrons. The maximum atomic E-state index is 13.8. The van der Waals surface area contributed by atoms with E-state index in [0.29, 0.717) is 23.6 Å². The first-order chi connectivity index (χ1) is 9.54. The fraction of sp³-hybridized carbons (Fsp3) is 0.625. The van der Waals surface area contributed by atoms with Gasteiger partial charge < -0.3 is 15.1 Å². The van der Waals surface area contributed by atoms with Gasteiger partial charge in [-0.2, -0.15) is 0 Å². The van der Waals surface area contributed by atoms with Crippen molar-refractivity contribution >= 4 is 5.69 Å². The molecule has 1 atom stereocenters. The first-order valence-corrected chi connectivity index (χ1v) is 7.40. The SMILES string of the molecule is Cc1cc(N(CCCO)C2CCC2)c(C(C)O)cc1F. The van der Waals surface area contributed by atoms with Crippen LogP contribution in [0.4, 0.5) is 10.1 Å². The number of hydrogen-bond donors (Lipinski definition) is 2. The van der Waals surface area contributed by atoms with Gasteiger partial charge in [-0.1, -0.05) is 0 Å². The highest BCUT2D eigenvalue weighted by Crippen LogP contribution is 2.35. The van der Waals surface area contributed by atoms with Crippen molar-refractivity contribution in [2.45, 2.75) is 51.7 Å². The van der Waals surface area contributed by atoms with Gasteiger partial charge in [0.25, 0.3) is 0 Å². The van der Waals surface area contributed by atoms with Gasteiger partial charge in [-0.05, 0) is 57.2 Å². The minimum Gasteiger partial charge on any atom is -0.396 e. The van der Waals surface area contributed by atoms with Gasteiger partial charge in [0.15, 0.2) is 0 Å². The maximum absolute atomic E-state index is 13.8. The van der Waals surface area contributed by atoms with E-state index in [2.05, 4.69) is 4.90 Å². The van der Waals surface area contributed by atoms with E-state index in [1.165, 1.54) is 12.5 Å². The molecule has 0 spiro atoms. The van der Waals surface area contributed by atoms with Crippen molar-refractivity contribution in [2.24, 2.45) is 0 Å². The van der Waals surface area contributed by atoms with Crippen LogP contribution in [-0.2, 0) is 0 Å². The molecule has 20 heavy (non-hydrogen) atoms. The zero-order chi connectivity index (χ0) is 14.7. The molecule has 4 heteroatoms. The van der Waals surface area contributed by atoms with Gasteiger partial charge in [-0.3, -0.25) is 0 Å². The highest BCUT2D eigenvalue weighted by Gasteiger charge is 2.27. The maximum Gasteiger partial charge on any atom is 0.126 e. The predicted octanol–water partition coefficient (Wildman–Crippen LogP) is 2.93. The van der Waals surface area contributed by atoms with Gasteiger partial charge in [-0.15, -0.1) is 0 Å². The van der Waals surface area contributed by atoms with E-state index in [0.717, 1.165) is 25.1 Å². The molecule has 1 saturated carbocycles. The van der Waals surface area contributed by atoms with Crippen LogP contribution < -0.4 is 4.90 Å². The third-order valence-corrected chi connectivity index (χ3v) is 4.14. The highest BCUT2D eigenvalue weighted by atomic mass is 19.1. The van der Waals surface area contributed by atoms with E-state index in [-0.39, 0.29) is 12.4 Å². The van der Waals surface area contributed by atoms with Gasteiger partial charge in [-0.25, -0.2) is 4.39 Å². The van der Waals surface area contributed by atoms with Crippen molar-refractivity contribution in [1.29, 1.82) is 0 Å². The van der Waals surface area contributed by atoms with E-state index < -0.39 is 6.10 Å². The third-order valence-electron chi connectivity index (χ3n) is 4.14. The molecule has 1 aliphatic rings. The fourth-order valence-corrected chi connectivity index (χ4v) is 2.70. The van der Waals surface area contributed by atoms with Crippen LogP contribution in [0, 0.1) is 12.7 Å². The molecule has 2 N–H and O–H groups in total. The minimum atomic E-state index is -0.697.